The van der Waals surface area contributed by atoms with Gasteiger partial charge in [-0.1, -0.05) is 38.0 Å². The molecule has 43 heavy (non-hydrogen) atoms. The summed E-state index contributed by atoms with van der Waals surface area (Å²) in [4.78, 5) is 44.7. The van der Waals surface area contributed by atoms with E-state index in [0.29, 0.717) is 36.6 Å². The number of amides is 3. The van der Waals surface area contributed by atoms with Crippen LogP contribution >= 0.6 is 22.7 Å². The number of carbonyl (C=O) groups excluding carboxylic acids is 3. The summed E-state index contributed by atoms with van der Waals surface area (Å²) >= 11 is 3.18. The Hall–Kier alpha value is -3.77. The van der Waals surface area contributed by atoms with E-state index in [1.165, 1.54) is 0 Å². The van der Waals surface area contributed by atoms with Crippen LogP contribution in [0.1, 0.15) is 60.9 Å². The Balaban J connectivity index is 1.44. The summed E-state index contributed by atoms with van der Waals surface area (Å²) in [6.07, 6.45) is 1.93. The lowest BCUT2D eigenvalue weighted by molar-refractivity contribution is -0.143. The molecule has 3 amide bonds. The monoisotopic (exact) mass is 629 g/mol. The van der Waals surface area contributed by atoms with Gasteiger partial charge in [-0.15, -0.1) is 22.7 Å². The van der Waals surface area contributed by atoms with Gasteiger partial charge in [0.05, 0.1) is 38.2 Å². The maximum atomic E-state index is 13.6. The Kier molecular flexibility index (Phi) is 12.1. The number of nitrogens with one attached hydrogen (secondary N) is 1. The fraction of sp³-hybridized carbons (Fsp3) is 0.452. The van der Waals surface area contributed by atoms with Gasteiger partial charge in [-0.3, -0.25) is 9.69 Å². The molecule has 1 aliphatic rings. The van der Waals surface area contributed by atoms with Gasteiger partial charge in [0.1, 0.15) is 6.61 Å². The molecule has 232 valence electrons. The molecule has 3 heterocycles. The van der Waals surface area contributed by atoms with Crippen LogP contribution in [0.25, 0.3) is 0 Å². The minimum Gasteiger partial charge on any atom is -0.466 e. The Morgan fingerprint density at radius 3 is 2.30 bits per heavy atom. The fourth-order valence-corrected chi connectivity index (χ4v) is 6.08. The van der Waals surface area contributed by atoms with Crippen molar-refractivity contribution in [2.75, 3.05) is 27.1 Å². The quantitative estimate of drug-likeness (QED) is 0.190. The molecule has 0 aliphatic carbocycles. The highest BCUT2D eigenvalue weighted by atomic mass is 32.1. The normalized spacial score (nSPS) is 13.2. The number of unbranched alkanes of at least 4 members (excludes halogenated alkanes) is 1. The first-order valence-corrected chi connectivity index (χ1v) is 16.2. The maximum absolute atomic E-state index is 13.6. The number of ether oxygens (including phenoxy) is 4. The van der Waals surface area contributed by atoms with Gasteiger partial charge in [0.15, 0.2) is 11.5 Å². The van der Waals surface area contributed by atoms with Gasteiger partial charge in [0.25, 0.3) is 0 Å². The third-order valence-electron chi connectivity index (χ3n) is 7.04. The highest BCUT2D eigenvalue weighted by Gasteiger charge is 2.28. The molecule has 3 aromatic rings. The third kappa shape index (κ3) is 9.36. The van der Waals surface area contributed by atoms with Crippen molar-refractivity contribution in [2.24, 2.45) is 0 Å². The largest absolute Gasteiger partial charge is 0.466 e. The van der Waals surface area contributed by atoms with E-state index in [1.807, 2.05) is 35.0 Å². The van der Waals surface area contributed by atoms with Gasteiger partial charge in [-0.25, -0.2) is 9.59 Å². The number of urea groups is 1. The summed E-state index contributed by atoms with van der Waals surface area (Å²) in [7, 11) is 1.68. The first kappa shape index (κ1) is 32.2. The van der Waals surface area contributed by atoms with Crippen molar-refractivity contribution >= 4 is 40.8 Å². The van der Waals surface area contributed by atoms with E-state index in [9.17, 15) is 14.4 Å². The molecule has 10 nitrogen and oxygen atoms in total. The molecular weight excluding hydrogens is 590 g/mol. The zero-order chi connectivity index (χ0) is 30.6. The Labute approximate surface area is 260 Å². The number of esters is 1. The Bertz CT molecular complexity index is 1280. The summed E-state index contributed by atoms with van der Waals surface area (Å²) in [6.45, 7) is 5.09. The number of fused-ring (bicyclic) bond motifs is 1. The smallest absolute Gasteiger partial charge is 0.410 e. The molecule has 2 aromatic heterocycles. The number of benzene rings is 1. The number of likely N-dealkylation sites (N-methyl/N-ethyl adjacent to an activating group) is 1. The topological polar surface area (TPSA) is 107 Å². The maximum Gasteiger partial charge on any atom is 0.410 e. The lowest BCUT2D eigenvalue weighted by Gasteiger charge is -2.31. The standard InChI is InChI=1S/C31H39N3O7S2/c1-4-6-9-23(20-39-31(37)34(18-24-10-7-14-42-24)19-25-11-8-15-43-25)33(3)30(36)32-26(17-29(35)38-5-2)22-12-13-27-28(16-22)41-21-40-27/h7-8,10-16,23,26H,4-6,9,17-21H2,1-3H3,(H,32,36). The number of hydrogen-bond acceptors (Lipinski definition) is 9. The number of rotatable bonds is 15. The molecule has 0 saturated carbocycles. The summed E-state index contributed by atoms with van der Waals surface area (Å²) in [6, 6.07) is 11.8. The molecule has 0 radical (unpaired) electrons. The average molecular weight is 630 g/mol. The number of nitrogens with zero attached hydrogens (tertiary/aromatic N) is 2. The Morgan fingerprint density at radius 1 is 0.977 bits per heavy atom. The molecule has 1 aromatic carbocycles. The van der Waals surface area contributed by atoms with Crippen LogP contribution in [-0.2, 0) is 27.4 Å². The van der Waals surface area contributed by atoms with Crippen molar-refractivity contribution < 1.29 is 33.3 Å². The van der Waals surface area contributed by atoms with Gasteiger partial charge in [0, 0.05) is 16.8 Å². The van der Waals surface area contributed by atoms with Crippen molar-refractivity contribution in [1.82, 2.24) is 15.1 Å². The van der Waals surface area contributed by atoms with Crippen LogP contribution < -0.4 is 14.8 Å². The summed E-state index contributed by atoms with van der Waals surface area (Å²) in [5.74, 6) is 0.730. The van der Waals surface area contributed by atoms with E-state index in [0.717, 1.165) is 22.6 Å². The van der Waals surface area contributed by atoms with Crippen LogP contribution in [0.4, 0.5) is 9.59 Å². The highest BCUT2D eigenvalue weighted by Crippen LogP contribution is 2.35. The predicted octanol–water partition coefficient (Wildman–Crippen LogP) is 6.57. The van der Waals surface area contributed by atoms with Crippen LogP contribution in [0.3, 0.4) is 0 Å². The summed E-state index contributed by atoms with van der Waals surface area (Å²) < 4.78 is 21.9. The van der Waals surface area contributed by atoms with Crippen LogP contribution in [0.5, 0.6) is 11.5 Å². The third-order valence-corrected chi connectivity index (χ3v) is 8.77. The molecule has 1 N–H and O–H groups in total. The second kappa shape index (κ2) is 16.2. The number of thiophene rings is 2. The van der Waals surface area contributed by atoms with Gasteiger partial charge in [-0.2, -0.15) is 0 Å². The van der Waals surface area contributed by atoms with E-state index in [2.05, 4.69) is 12.2 Å². The number of carbonyl (C=O) groups is 3. The minimum absolute atomic E-state index is 0.0424. The van der Waals surface area contributed by atoms with E-state index >= 15 is 0 Å². The second-order valence-corrected chi connectivity index (χ2v) is 12.2. The predicted molar refractivity (Wildman–Crippen MR) is 165 cm³/mol. The van der Waals surface area contributed by atoms with Crippen LogP contribution in [0, 0.1) is 0 Å². The molecule has 4 rings (SSSR count). The van der Waals surface area contributed by atoms with Crippen LogP contribution in [0.2, 0.25) is 0 Å². The molecule has 12 heteroatoms. The molecular formula is C31H39N3O7S2. The zero-order valence-corrected chi connectivity index (χ0v) is 26.4. The fourth-order valence-electron chi connectivity index (χ4n) is 4.64. The van der Waals surface area contributed by atoms with E-state index < -0.39 is 24.1 Å². The van der Waals surface area contributed by atoms with E-state index in [-0.39, 0.29) is 32.5 Å². The van der Waals surface area contributed by atoms with Crippen molar-refractivity contribution in [3.8, 4) is 11.5 Å². The minimum atomic E-state index is -0.662. The summed E-state index contributed by atoms with van der Waals surface area (Å²) in [5.41, 5.74) is 0.688. The highest BCUT2D eigenvalue weighted by molar-refractivity contribution is 7.10. The van der Waals surface area contributed by atoms with Gasteiger partial charge >= 0.3 is 18.1 Å². The van der Waals surface area contributed by atoms with Gasteiger partial charge in [-0.05, 0) is 53.9 Å². The first-order chi connectivity index (χ1) is 20.9. The van der Waals surface area contributed by atoms with Crippen molar-refractivity contribution in [1.29, 1.82) is 0 Å². The first-order valence-electron chi connectivity index (χ1n) is 14.4. The molecule has 0 spiro atoms. The molecule has 2 unspecified atom stereocenters. The Morgan fingerprint density at radius 2 is 1.67 bits per heavy atom. The van der Waals surface area contributed by atoms with Crippen LogP contribution in [0.15, 0.2) is 53.2 Å². The average Bonchev–Trinajstić information content (AvgIpc) is 3.79. The SMILES string of the molecule is CCCCC(COC(=O)N(Cc1cccs1)Cc1cccs1)N(C)C(=O)NC(CC(=O)OCC)c1ccc2c(c1)OCO2. The van der Waals surface area contributed by atoms with Crippen molar-refractivity contribution in [2.45, 2.75) is 64.7 Å². The lowest BCUT2D eigenvalue weighted by atomic mass is 10.0. The van der Waals surface area contributed by atoms with Crippen molar-refractivity contribution in [3.63, 3.8) is 0 Å². The van der Waals surface area contributed by atoms with E-state index in [4.69, 9.17) is 18.9 Å². The van der Waals surface area contributed by atoms with E-state index in [1.54, 1.807) is 64.6 Å². The van der Waals surface area contributed by atoms with Crippen molar-refractivity contribution in [3.05, 3.63) is 68.5 Å². The second-order valence-electron chi connectivity index (χ2n) is 10.1. The molecule has 0 saturated heterocycles. The van der Waals surface area contributed by atoms with Crippen LogP contribution in [-0.4, -0.2) is 61.0 Å². The molecule has 0 fully saturated rings. The zero-order valence-electron chi connectivity index (χ0n) is 24.8. The van der Waals surface area contributed by atoms with Gasteiger partial charge < -0.3 is 29.2 Å². The van der Waals surface area contributed by atoms with Gasteiger partial charge in [0.2, 0.25) is 6.79 Å². The number of hydrogen-bond donors (Lipinski definition) is 1. The molecule has 2 atom stereocenters. The molecule has 0 bridgehead atoms. The summed E-state index contributed by atoms with van der Waals surface area (Å²) in [5, 5.41) is 6.95. The molecule has 1 aliphatic heterocycles. The lowest BCUT2D eigenvalue weighted by Crippen LogP contribution is -2.47.